The minimum Gasteiger partial charge on any atom is -0.349 e. The molecule has 0 heterocycles. The molecule has 3 N–H and O–H groups in total. The standard InChI is InChI=1S/C13H16F2N2O3S/c1-7(8-3-2-4-8)17-13(18)10-5-9(14)6-11(12(10)15)21(16,19)20/h5-8H,2-4H2,1H3,(H,17,18)(H2,16,19,20). The minimum absolute atomic E-state index is 0.188. The molecule has 1 fully saturated rings. The zero-order valence-corrected chi connectivity index (χ0v) is 12.2. The summed E-state index contributed by atoms with van der Waals surface area (Å²) in [6.07, 6.45) is 3.01. The number of nitrogens with one attached hydrogen (secondary N) is 1. The largest absolute Gasteiger partial charge is 0.349 e. The Kier molecular flexibility index (Phi) is 4.29. The van der Waals surface area contributed by atoms with Gasteiger partial charge in [-0.25, -0.2) is 22.3 Å². The average Bonchev–Trinajstić information content (AvgIpc) is 2.27. The van der Waals surface area contributed by atoms with Crippen LogP contribution < -0.4 is 10.5 Å². The molecule has 1 aromatic carbocycles. The highest BCUT2D eigenvalue weighted by molar-refractivity contribution is 7.89. The van der Waals surface area contributed by atoms with Crippen molar-refractivity contribution >= 4 is 15.9 Å². The first-order chi connectivity index (χ1) is 9.70. The van der Waals surface area contributed by atoms with Crippen LogP contribution in [0.25, 0.3) is 0 Å². The summed E-state index contributed by atoms with van der Waals surface area (Å²) in [6.45, 7) is 1.78. The van der Waals surface area contributed by atoms with Gasteiger partial charge in [-0.05, 0) is 37.8 Å². The van der Waals surface area contributed by atoms with E-state index in [0.717, 1.165) is 19.3 Å². The molecule has 1 aliphatic carbocycles. The van der Waals surface area contributed by atoms with Crippen molar-refractivity contribution in [3.8, 4) is 0 Å². The second-order valence-electron chi connectivity index (χ2n) is 5.26. The number of nitrogens with two attached hydrogens (primary N) is 1. The summed E-state index contributed by atoms with van der Waals surface area (Å²) in [5.74, 6) is -2.92. The van der Waals surface area contributed by atoms with Crippen molar-refractivity contribution in [1.82, 2.24) is 5.32 Å². The Morgan fingerprint density at radius 1 is 1.38 bits per heavy atom. The lowest BCUT2D eigenvalue weighted by atomic mass is 9.80. The summed E-state index contributed by atoms with van der Waals surface area (Å²) < 4.78 is 49.9. The molecule has 8 heteroatoms. The fourth-order valence-corrected chi connectivity index (χ4v) is 2.92. The molecule has 1 atom stereocenters. The van der Waals surface area contributed by atoms with Gasteiger partial charge in [0.05, 0.1) is 5.56 Å². The molecule has 116 valence electrons. The van der Waals surface area contributed by atoms with Gasteiger partial charge in [0, 0.05) is 6.04 Å². The quantitative estimate of drug-likeness (QED) is 0.882. The SMILES string of the molecule is CC(NC(=O)c1cc(F)cc(S(N)(=O)=O)c1F)C1CCC1. The van der Waals surface area contributed by atoms with Crippen LogP contribution in [0.4, 0.5) is 8.78 Å². The third-order valence-electron chi connectivity index (χ3n) is 3.77. The van der Waals surface area contributed by atoms with Gasteiger partial charge in [-0.3, -0.25) is 4.79 Å². The lowest BCUT2D eigenvalue weighted by molar-refractivity contribution is 0.0904. The molecular formula is C13H16F2N2O3S. The predicted molar refractivity (Wildman–Crippen MR) is 72.0 cm³/mol. The first kappa shape index (κ1) is 15.8. The second-order valence-corrected chi connectivity index (χ2v) is 6.79. The number of rotatable bonds is 4. The van der Waals surface area contributed by atoms with Crippen molar-refractivity contribution in [2.45, 2.75) is 37.1 Å². The Bertz CT molecular complexity index is 672. The molecule has 21 heavy (non-hydrogen) atoms. The molecule has 5 nitrogen and oxygen atoms in total. The van der Waals surface area contributed by atoms with Crippen LogP contribution in [0.5, 0.6) is 0 Å². The Hall–Kier alpha value is -1.54. The molecule has 0 saturated heterocycles. The Morgan fingerprint density at radius 3 is 2.48 bits per heavy atom. The molecule has 1 aromatic rings. The number of amides is 1. The van der Waals surface area contributed by atoms with Crippen molar-refractivity contribution < 1.29 is 22.0 Å². The number of hydrogen-bond acceptors (Lipinski definition) is 3. The van der Waals surface area contributed by atoms with E-state index in [0.29, 0.717) is 18.1 Å². The zero-order chi connectivity index (χ0) is 15.8. The smallest absolute Gasteiger partial charge is 0.254 e. The summed E-state index contributed by atoms with van der Waals surface area (Å²) in [5.41, 5.74) is -0.662. The Morgan fingerprint density at radius 2 is 2.00 bits per heavy atom. The molecule has 1 unspecified atom stereocenters. The highest BCUT2D eigenvalue weighted by Crippen LogP contribution is 2.29. The van der Waals surface area contributed by atoms with Gasteiger partial charge < -0.3 is 5.32 Å². The number of primary sulfonamides is 1. The average molecular weight is 318 g/mol. The van der Waals surface area contributed by atoms with E-state index in [1.165, 1.54) is 0 Å². The minimum atomic E-state index is -4.45. The van der Waals surface area contributed by atoms with Crippen LogP contribution in [0.1, 0.15) is 36.5 Å². The van der Waals surface area contributed by atoms with E-state index in [1.807, 2.05) is 0 Å². The molecule has 0 aliphatic heterocycles. The topological polar surface area (TPSA) is 89.3 Å². The summed E-state index contributed by atoms with van der Waals surface area (Å²) in [4.78, 5) is 11.0. The molecular weight excluding hydrogens is 302 g/mol. The van der Waals surface area contributed by atoms with Gasteiger partial charge in [-0.15, -0.1) is 0 Å². The first-order valence-electron chi connectivity index (χ1n) is 6.53. The van der Waals surface area contributed by atoms with Crippen LogP contribution in [0.2, 0.25) is 0 Å². The van der Waals surface area contributed by atoms with Gasteiger partial charge >= 0.3 is 0 Å². The van der Waals surface area contributed by atoms with E-state index >= 15 is 0 Å². The van der Waals surface area contributed by atoms with Crippen molar-refractivity contribution in [3.05, 3.63) is 29.3 Å². The van der Waals surface area contributed by atoms with Gasteiger partial charge in [-0.2, -0.15) is 0 Å². The Balaban J connectivity index is 2.30. The monoisotopic (exact) mass is 318 g/mol. The van der Waals surface area contributed by atoms with E-state index in [2.05, 4.69) is 5.32 Å². The van der Waals surface area contributed by atoms with E-state index in [-0.39, 0.29) is 6.04 Å². The summed E-state index contributed by atoms with van der Waals surface area (Å²) in [6, 6.07) is 0.927. The van der Waals surface area contributed by atoms with Crippen LogP contribution in [-0.4, -0.2) is 20.4 Å². The summed E-state index contributed by atoms with van der Waals surface area (Å²) >= 11 is 0. The molecule has 0 bridgehead atoms. The highest BCUT2D eigenvalue weighted by Gasteiger charge is 2.28. The van der Waals surface area contributed by atoms with E-state index in [1.54, 1.807) is 6.92 Å². The third-order valence-corrected chi connectivity index (χ3v) is 4.68. The molecule has 0 aromatic heterocycles. The zero-order valence-electron chi connectivity index (χ0n) is 11.4. The number of carbonyl (C=O) groups excluding carboxylic acids is 1. The number of halogens is 2. The van der Waals surface area contributed by atoms with Crippen LogP contribution >= 0.6 is 0 Å². The second kappa shape index (κ2) is 5.69. The molecule has 1 amide bonds. The van der Waals surface area contributed by atoms with Crippen LogP contribution in [-0.2, 0) is 10.0 Å². The lowest BCUT2D eigenvalue weighted by Gasteiger charge is -2.31. The van der Waals surface area contributed by atoms with Gasteiger partial charge in [0.25, 0.3) is 5.91 Å². The number of benzene rings is 1. The van der Waals surface area contributed by atoms with Gasteiger partial charge in [0.2, 0.25) is 10.0 Å². The number of sulfonamides is 1. The first-order valence-corrected chi connectivity index (χ1v) is 8.07. The Labute approximate surface area is 121 Å². The van der Waals surface area contributed by atoms with Crippen molar-refractivity contribution in [3.63, 3.8) is 0 Å². The van der Waals surface area contributed by atoms with E-state index in [4.69, 9.17) is 5.14 Å². The lowest BCUT2D eigenvalue weighted by Crippen LogP contribution is -2.41. The van der Waals surface area contributed by atoms with E-state index in [9.17, 15) is 22.0 Å². The molecule has 0 spiro atoms. The predicted octanol–water partition coefficient (Wildman–Crippen LogP) is 1.53. The molecule has 1 aliphatic rings. The van der Waals surface area contributed by atoms with Crippen LogP contribution in [0.3, 0.4) is 0 Å². The van der Waals surface area contributed by atoms with Crippen LogP contribution in [0, 0.1) is 17.6 Å². The van der Waals surface area contributed by atoms with Crippen molar-refractivity contribution in [1.29, 1.82) is 0 Å². The van der Waals surface area contributed by atoms with E-state index < -0.39 is 38.0 Å². The molecule has 2 rings (SSSR count). The van der Waals surface area contributed by atoms with Gasteiger partial charge in [0.15, 0.2) is 5.82 Å². The van der Waals surface area contributed by atoms with Crippen molar-refractivity contribution in [2.75, 3.05) is 0 Å². The van der Waals surface area contributed by atoms with Crippen LogP contribution in [0.15, 0.2) is 17.0 Å². The van der Waals surface area contributed by atoms with Gasteiger partial charge in [0.1, 0.15) is 10.7 Å². The maximum atomic E-state index is 14.1. The summed E-state index contributed by atoms with van der Waals surface area (Å²) in [7, 11) is -4.45. The third kappa shape index (κ3) is 3.38. The fourth-order valence-electron chi connectivity index (χ4n) is 2.28. The maximum absolute atomic E-state index is 14.1. The number of hydrogen-bond donors (Lipinski definition) is 2. The van der Waals surface area contributed by atoms with Gasteiger partial charge in [-0.1, -0.05) is 6.42 Å². The molecule has 1 saturated carbocycles. The number of carbonyl (C=O) groups is 1. The van der Waals surface area contributed by atoms with Crippen molar-refractivity contribution in [2.24, 2.45) is 11.1 Å². The highest BCUT2D eigenvalue weighted by atomic mass is 32.2. The summed E-state index contributed by atoms with van der Waals surface area (Å²) in [5, 5.41) is 7.37. The molecule has 0 radical (unpaired) electrons. The normalized spacial score (nSPS) is 17.1. The fraction of sp³-hybridized carbons (Fsp3) is 0.462. The maximum Gasteiger partial charge on any atom is 0.254 e.